The molecule has 0 aliphatic carbocycles. The Hall–Kier alpha value is -3.42. The molecule has 41 heavy (non-hydrogen) atoms. The van der Waals surface area contributed by atoms with Gasteiger partial charge in [-0.3, -0.25) is 9.48 Å². The van der Waals surface area contributed by atoms with Crippen molar-refractivity contribution in [3.8, 4) is 5.82 Å². The minimum atomic E-state index is -4.33. The number of nitrogens with zero attached hydrogens (tertiary/aromatic N) is 6. The predicted octanol–water partition coefficient (Wildman–Crippen LogP) is 4.57. The van der Waals surface area contributed by atoms with Crippen LogP contribution in [-0.2, 0) is 23.5 Å². The average molecular weight is 596 g/mol. The van der Waals surface area contributed by atoms with E-state index in [1.807, 2.05) is 18.7 Å². The Morgan fingerprint density at radius 2 is 1.85 bits per heavy atom. The number of alkyl halides is 3. The molecule has 14 heteroatoms. The minimum absolute atomic E-state index is 0.0698. The number of hydrogen-bond donors (Lipinski definition) is 1. The van der Waals surface area contributed by atoms with E-state index >= 15 is 0 Å². The Morgan fingerprint density at radius 3 is 2.41 bits per heavy atom. The lowest BCUT2D eigenvalue weighted by Crippen LogP contribution is -2.41. The third-order valence-electron chi connectivity index (χ3n) is 7.57. The highest BCUT2D eigenvalue weighted by molar-refractivity contribution is 7.90. The number of aryl methyl sites for hydroxylation is 3. The SMILES string of the molecule is Cc1nn(C)cc1S(=O)(=O)NC(=O)c1ccc(-n2ccc(CCC(C)(C)C(F)(F)F)n2)nc1N1C[C@@H](C)CC1(C)C. The molecule has 0 radical (unpaired) electrons. The quantitative estimate of drug-likeness (QED) is 0.406. The maximum Gasteiger partial charge on any atom is 0.393 e. The first kappa shape index (κ1) is 30.5. The number of anilines is 1. The number of sulfonamides is 1. The number of rotatable bonds is 8. The highest BCUT2D eigenvalue weighted by Crippen LogP contribution is 2.41. The van der Waals surface area contributed by atoms with Gasteiger partial charge in [-0.1, -0.05) is 20.8 Å². The predicted molar refractivity (Wildman–Crippen MR) is 147 cm³/mol. The molecule has 1 N–H and O–H groups in total. The molecule has 0 unspecified atom stereocenters. The third kappa shape index (κ3) is 6.26. The topological polar surface area (TPSA) is 115 Å². The van der Waals surface area contributed by atoms with Crippen LogP contribution in [0.15, 0.2) is 35.5 Å². The molecule has 10 nitrogen and oxygen atoms in total. The molecule has 0 aromatic carbocycles. The van der Waals surface area contributed by atoms with Gasteiger partial charge in [0.25, 0.3) is 15.9 Å². The molecular weight excluding hydrogens is 559 g/mol. The molecule has 1 aliphatic rings. The Kier molecular flexibility index (Phi) is 7.78. The van der Waals surface area contributed by atoms with E-state index in [0.29, 0.717) is 29.8 Å². The van der Waals surface area contributed by atoms with Crippen LogP contribution in [0.3, 0.4) is 0 Å². The molecule has 0 saturated carbocycles. The van der Waals surface area contributed by atoms with Crippen LogP contribution in [0.4, 0.5) is 19.0 Å². The van der Waals surface area contributed by atoms with E-state index in [9.17, 15) is 26.4 Å². The fourth-order valence-corrected chi connectivity index (χ4v) is 6.37. The average Bonchev–Trinajstić information content (AvgIpc) is 3.52. The first-order chi connectivity index (χ1) is 18.8. The van der Waals surface area contributed by atoms with E-state index in [0.717, 1.165) is 20.3 Å². The van der Waals surface area contributed by atoms with Gasteiger partial charge in [-0.2, -0.15) is 23.4 Å². The summed E-state index contributed by atoms with van der Waals surface area (Å²) in [7, 11) is -2.63. The summed E-state index contributed by atoms with van der Waals surface area (Å²) in [6, 6.07) is 4.66. The van der Waals surface area contributed by atoms with Gasteiger partial charge in [0, 0.05) is 31.5 Å². The zero-order valence-corrected chi connectivity index (χ0v) is 25.1. The van der Waals surface area contributed by atoms with Gasteiger partial charge in [0.05, 0.1) is 22.4 Å². The Balaban J connectivity index is 1.68. The molecular formula is C27H36F3N7O3S. The lowest BCUT2D eigenvalue weighted by molar-refractivity contribution is -0.213. The normalized spacial score (nSPS) is 17.7. The lowest BCUT2D eigenvalue weighted by atomic mass is 9.86. The molecule has 0 spiro atoms. The number of halogens is 3. The smallest absolute Gasteiger partial charge is 0.350 e. The van der Waals surface area contributed by atoms with E-state index < -0.39 is 27.5 Å². The van der Waals surface area contributed by atoms with Crippen LogP contribution < -0.4 is 9.62 Å². The first-order valence-corrected chi connectivity index (χ1v) is 14.8. The molecule has 3 aromatic heterocycles. The summed E-state index contributed by atoms with van der Waals surface area (Å²) < 4.78 is 70.9. The standard InChI is InChI=1S/C27H36F3N7O3S/c1-17-14-26(5,6)36(15-17)23-20(24(38)34-41(39,40)21-16-35(7)32-18(21)2)8-9-22(31-23)37-13-11-19(33-37)10-12-25(3,4)27(28,29)30/h8-9,11,13,16-17H,10,12,14-15H2,1-7H3,(H,34,38)/t17-/m0/s1. The van der Waals surface area contributed by atoms with Crippen LogP contribution in [0.25, 0.3) is 5.82 Å². The third-order valence-corrected chi connectivity index (χ3v) is 9.01. The van der Waals surface area contributed by atoms with Crippen molar-refractivity contribution in [2.45, 2.75) is 77.4 Å². The van der Waals surface area contributed by atoms with Crippen molar-refractivity contribution in [1.29, 1.82) is 0 Å². The molecule has 1 aliphatic heterocycles. The second-order valence-electron chi connectivity index (χ2n) is 12.1. The molecule has 0 bridgehead atoms. The second-order valence-corrected chi connectivity index (χ2v) is 13.7. The second kappa shape index (κ2) is 10.4. The van der Waals surface area contributed by atoms with Crippen LogP contribution in [0.1, 0.15) is 69.2 Å². The highest BCUT2D eigenvalue weighted by atomic mass is 32.2. The molecule has 4 heterocycles. The summed E-state index contributed by atoms with van der Waals surface area (Å²) >= 11 is 0. The zero-order valence-electron chi connectivity index (χ0n) is 24.2. The molecule has 1 amide bonds. The maximum absolute atomic E-state index is 13.4. The summed E-state index contributed by atoms with van der Waals surface area (Å²) in [5.41, 5.74) is -1.44. The van der Waals surface area contributed by atoms with Gasteiger partial charge >= 0.3 is 6.18 Å². The molecule has 1 atom stereocenters. The molecule has 224 valence electrons. The van der Waals surface area contributed by atoms with E-state index in [1.54, 1.807) is 19.3 Å². The number of pyridine rings is 1. The monoisotopic (exact) mass is 595 g/mol. The van der Waals surface area contributed by atoms with Crippen molar-refractivity contribution in [3.63, 3.8) is 0 Å². The summed E-state index contributed by atoms with van der Waals surface area (Å²) in [6.07, 6.45) is -0.580. The molecule has 1 saturated heterocycles. The van der Waals surface area contributed by atoms with Crippen LogP contribution in [0, 0.1) is 18.3 Å². The summed E-state index contributed by atoms with van der Waals surface area (Å²) in [4.78, 5) is 20.0. The number of carbonyl (C=O) groups excluding carboxylic acids is 1. The van der Waals surface area contributed by atoms with Crippen LogP contribution in [-0.4, -0.2) is 57.1 Å². The molecule has 4 rings (SSSR count). The zero-order chi connectivity index (χ0) is 30.5. The van der Waals surface area contributed by atoms with Crippen molar-refractivity contribution in [2.24, 2.45) is 18.4 Å². The lowest BCUT2D eigenvalue weighted by Gasteiger charge is -2.34. The van der Waals surface area contributed by atoms with Gasteiger partial charge in [0.15, 0.2) is 5.82 Å². The molecule has 1 fully saturated rings. The fraction of sp³-hybridized carbons (Fsp3) is 0.556. The van der Waals surface area contributed by atoms with Gasteiger partial charge in [-0.25, -0.2) is 22.8 Å². The van der Waals surface area contributed by atoms with E-state index in [-0.39, 0.29) is 34.5 Å². The van der Waals surface area contributed by atoms with Crippen molar-refractivity contribution < 1.29 is 26.4 Å². The van der Waals surface area contributed by atoms with E-state index in [1.165, 1.54) is 34.6 Å². The number of amides is 1. The Bertz CT molecular complexity index is 1560. The summed E-state index contributed by atoms with van der Waals surface area (Å²) in [5.74, 6) is 0.0940. The Labute approximate surface area is 238 Å². The minimum Gasteiger partial charge on any atom is -0.350 e. The number of aromatic nitrogens is 5. The largest absolute Gasteiger partial charge is 0.393 e. The fourth-order valence-electron chi connectivity index (χ4n) is 5.19. The van der Waals surface area contributed by atoms with Gasteiger partial charge in [0.1, 0.15) is 10.7 Å². The Morgan fingerprint density at radius 1 is 1.17 bits per heavy atom. The maximum atomic E-state index is 13.4. The van der Waals surface area contributed by atoms with E-state index in [4.69, 9.17) is 4.98 Å². The summed E-state index contributed by atoms with van der Waals surface area (Å²) in [5, 5.41) is 8.48. The van der Waals surface area contributed by atoms with Crippen LogP contribution >= 0.6 is 0 Å². The number of nitrogens with one attached hydrogen (secondary N) is 1. The van der Waals surface area contributed by atoms with Gasteiger partial charge in [0.2, 0.25) is 0 Å². The van der Waals surface area contributed by atoms with Gasteiger partial charge < -0.3 is 4.90 Å². The van der Waals surface area contributed by atoms with Gasteiger partial charge in [-0.15, -0.1) is 0 Å². The van der Waals surface area contributed by atoms with Crippen molar-refractivity contribution >= 4 is 21.7 Å². The summed E-state index contributed by atoms with van der Waals surface area (Å²) in [6.45, 7) is 10.6. The van der Waals surface area contributed by atoms with Crippen molar-refractivity contribution in [1.82, 2.24) is 29.3 Å². The number of hydrogen-bond acceptors (Lipinski definition) is 7. The van der Waals surface area contributed by atoms with E-state index in [2.05, 4.69) is 21.8 Å². The first-order valence-electron chi connectivity index (χ1n) is 13.3. The van der Waals surface area contributed by atoms with Crippen LogP contribution in [0.2, 0.25) is 0 Å². The van der Waals surface area contributed by atoms with Gasteiger partial charge in [-0.05, 0) is 64.2 Å². The molecule has 3 aromatic rings. The van der Waals surface area contributed by atoms with Crippen molar-refractivity contribution in [3.05, 3.63) is 47.5 Å². The van der Waals surface area contributed by atoms with Crippen LogP contribution in [0.5, 0.6) is 0 Å². The number of carbonyl (C=O) groups is 1. The highest BCUT2D eigenvalue weighted by Gasteiger charge is 2.46. The van der Waals surface area contributed by atoms with Crippen molar-refractivity contribution in [2.75, 3.05) is 11.4 Å².